The van der Waals surface area contributed by atoms with Crippen molar-refractivity contribution in [3.63, 3.8) is 0 Å². The number of benzene rings is 1. The Hall–Kier alpha value is -0.850. The molecule has 6 heteroatoms. The molecule has 0 aromatic heterocycles. The highest BCUT2D eigenvalue weighted by molar-refractivity contribution is 9.11. The molecular formula is C15H16Br2O4. The Morgan fingerprint density at radius 1 is 1.43 bits per heavy atom. The zero-order chi connectivity index (χ0) is 15.2. The van der Waals surface area contributed by atoms with Gasteiger partial charge < -0.3 is 14.6 Å². The van der Waals surface area contributed by atoms with Crippen LogP contribution in [0.3, 0.4) is 0 Å². The second-order valence-corrected chi connectivity index (χ2v) is 6.47. The minimum Gasteiger partial charge on any atom is -0.491 e. The molecule has 1 aliphatic rings. The molecule has 0 amide bonds. The average Bonchev–Trinajstić information content (AvgIpc) is 2.92. The number of hydrogen-bond donors (Lipinski definition) is 1. The fourth-order valence-electron chi connectivity index (χ4n) is 2.15. The molecule has 2 rings (SSSR count). The summed E-state index contributed by atoms with van der Waals surface area (Å²) in [5, 5.41) is 8.64. The van der Waals surface area contributed by atoms with Crippen LogP contribution in [0.4, 0.5) is 0 Å². The van der Waals surface area contributed by atoms with Gasteiger partial charge >= 0.3 is 5.97 Å². The van der Waals surface area contributed by atoms with E-state index in [4.69, 9.17) is 14.6 Å². The Labute approximate surface area is 140 Å². The predicted octanol–water partition coefficient (Wildman–Crippen LogP) is 4.26. The number of carboxylic acid groups (broad SMARTS) is 1. The number of ether oxygens (including phenoxy) is 2. The number of carbonyl (C=O) groups is 1. The van der Waals surface area contributed by atoms with Gasteiger partial charge in [-0.1, -0.05) is 0 Å². The van der Waals surface area contributed by atoms with Crippen LogP contribution in [0.1, 0.15) is 24.8 Å². The zero-order valence-corrected chi connectivity index (χ0v) is 14.5. The minimum absolute atomic E-state index is 0.306. The van der Waals surface area contributed by atoms with Crippen molar-refractivity contribution in [1.29, 1.82) is 0 Å². The largest absolute Gasteiger partial charge is 0.491 e. The van der Waals surface area contributed by atoms with Crippen molar-refractivity contribution < 1.29 is 19.4 Å². The lowest BCUT2D eigenvalue weighted by Gasteiger charge is -2.13. The van der Waals surface area contributed by atoms with Crippen molar-refractivity contribution in [2.75, 3.05) is 13.2 Å². The first-order valence-electron chi connectivity index (χ1n) is 6.70. The van der Waals surface area contributed by atoms with Crippen LogP contribution in [0.5, 0.6) is 5.75 Å². The molecule has 1 atom stereocenters. The number of rotatable bonds is 6. The van der Waals surface area contributed by atoms with E-state index in [1.807, 2.05) is 12.1 Å². The predicted molar refractivity (Wildman–Crippen MR) is 87.6 cm³/mol. The molecule has 114 valence electrons. The van der Waals surface area contributed by atoms with E-state index in [1.165, 1.54) is 6.08 Å². The Kier molecular flexibility index (Phi) is 6.26. The third-order valence-electron chi connectivity index (χ3n) is 3.15. The molecule has 1 fully saturated rings. The monoisotopic (exact) mass is 418 g/mol. The van der Waals surface area contributed by atoms with Gasteiger partial charge in [-0.15, -0.1) is 0 Å². The highest BCUT2D eigenvalue weighted by atomic mass is 79.9. The Morgan fingerprint density at radius 3 is 2.71 bits per heavy atom. The van der Waals surface area contributed by atoms with E-state index < -0.39 is 5.97 Å². The van der Waals surface area contributed by atoms with Gasteiger partial charge in [-0.3, -0.25) is 0 Å². The average molecular weight is 420 g/mol. The summed E-state index contributed by atoms with van der Waals surface area (Å²) < 4.78 is 12.9. The molecule has 0 radical (unpaired) electrons. The van der Waals surface area contributed by atoms with Crippen LogP contribution in [0.15, 0.2) is 27.2 Å². The molecule has 0 bridgehead atoms. The molecule has 1 N–H and O–H groups in total. The molecule has 1 saturated heterocycles. The third kappa shape index (κ3) is 5.13. The van der Waals surface area contributed by atoms with E-state index in [9.17, 15) is 4.79 Å². The van der Waals surface area contributed by atoms with Gasteiger partial charge in [0.05, 0.1) is 21.7 Å². The van der Waals surface area contributed by atoms with E-state index in [-0.39, 0.29) is 0 Å². The quantitative estimate of drug-likeness (QED) is 0.700. The molecule has 1 heterocycles. The van der Waals surface area contributed by atoms with Gasteiger partial charge in [0, 0.05) is 19.1 Å². The Balaban J connectivity index is 1.97. The first-order chi connectivity index (χ1) is 10.1. The molecule has 1 aliphatic heterocycles. The first kappa shape index (κ1) is 16.5. The van der Waals surface area contributed by atoms with Gasteiger partial charge in [0.25, 0.3) is 0 Å². The summed E-state index contributed by atoms with van der Waals surface area (Å²) in [7, 11) is 0. The minimum atomic E-state index is -0.973. The van der Waals surface area contributed by atoms with Gasteiger partial charge in [-0.05, 0) is 68.5 Å². The van der Waals surface area contributed by atoms with Crippen LogP contribution < -0.4 is 4.74 Å². The number of hydrogen-bond acceptors (Lipinski definition) is 3. The van der Waals surface area contributed by atoms with Crippen LogP contribution >= 0.6 is 31.9 Å². The van der Waals surface area contributed by atoms with Crippen molar-refractivity contribution in [2.45, 2.75) is 25.4 Å². The van der Waals surface area contributed by atoms with Crippen molar-refractivity contribution >= 4 is 43.9 Å². The molecule has 1 unspecified atom stereocenters. The van der Waals surface area contributed by atoms with Gasteiger partial charge in [0.1, 0.15) is 5.75 Å². The maximum Gasteiger partial charge on any atom is 0.328 e. The molecule has 0 saturated carbocycles. The fraction of sp³-hybridized carbons (Fsp3) is 0.400. The highest BCUT2D eigenvalue weighted by Crippen LogP contribution is 2.35. The fourth-order valence-corrected chi connectivity index (χ4v) is 3.60. The molecule has 0 aliphatic carbocycles. The lowest BCUT2D eigenvalue weighted by Crippen LogP contribution is -2.11. The second-order valence-electron chi connectivity index (χ2n) is 4.76. The maximum atomic E-state index is 10.5. The molecule has 0 spiro atoms. The maximum absolute atomic E-state index is 10.5. The smallest absolute Gasteiger partial charge is 0.328 e. The standard InChI is InChI=1S/C15H16Br2O4/c16-12-8-10(3-4-14(18)19)9-13(17)15(12)21-7-5-11-2-1-6-20-11/h3-4,8-9,11H,1-2,5-7H2,(H,18,19)/b4-3+. The van der Waals surface area contributed by atoms with Gasteiger partial charge in [0.15, 0.2) is 0 Å². The number of carboxylic acids is 1. The van der Waals surface area contributed by atoms with E-state index in [1.54, 1.807) is 0 Å². The SMILES string of the molecule is O=C(O)/C=C/c1cc(Br)c(OCCC2CCCO2)c(Br)c1. The van der Waals surface area contributed by atoms with Crippen LogP contribution in [0, 0.1) is 0 Å². The van der Waals surface area contributed by atoms with Crippen LogP contribution in [0.25, 0.3) is 6.08 Å². The Bertz CT molecular complexity index is 513. The van der Waals surface area contributed by atoms with Crippen LogP contribution in [-0.4, -0.2) is 30.4 Å². The molecule has 1 aromatic rings. The van der Waals surface area contributed by atoms with Crippen molar-refractivity contribution in [2.24, 2.45) is 0 Å². The molecule has 21 heavy (non-hydrogen) atoms. The summed E-state index contributed by atoms with van der Waals surface area (Å²) in [5.41, 5.74) is 0.780. The molecule has 4 nitrogen and oxygen atoms in total. The Morgan fingerprint density at radius 2 is 2.14 bits per heavy atom. The summed E-state index contributed by atoms with van der Waals surface area (Å²) in [5.74, 6) is -0.250. The van der Waals surface area contributed by atoms with Gasteiger partial charge in [-0.25, -0.2) is 4.79 Å². The number of halogens is 2. The summed E-state index contributed by atoms with van der Waals surface area (Å²) in [6.45, 7) is 1.44. The summed E-state index contributed by atoms with van der Waals surface area (Å²) in [4.78, 5) is 10.5. The van der Waals surface area contributed by atoms with Crippen molar-refractivity contribution in [3.05, 3.63) is 32.7 Å². The van der Waals surface area contributed by atoms with Crippen LogP contribution in [-0.2, 0) is 9.53 Å². The number of aliphatic carboxylic acids is 1. The van der Waals surface area contributed by atoms with Crippen molar-refractivity contribution in [1.82, 2.24) is 0 Å². The topological polar surface area (TPSA) is 55.8 Å². The zero-order valence-electron chi connectivity index (χ0n) is 11.4. The molecule has 1 aromatic carbocycles. The third-order valence-corrected chi connectivity index (χ3v) is 4.33. The lowest BCUT2D eigenvalue weighted by molar-refractivity contribution is -0.131. The summed E-state index contributed by atoms with van der Waals surface area (Å²) in [6.07, 6.45) is 6.05. The van der Waals surface area contributed by atoms with Crippen molar-refractivity contribution in [3.8, 4) is 5.75 Å². The van der Waals surface area contributed by atoms with E-state index in [2.05, 4.69) is 31.9 Å². The summed E-state index contributed by atoms with van der Waals surface area (Å²) >= 11 is 6.90. The first-order valence-corrected chi connectivity index (χ1v) is 8.29. The molecular weight excluding hydrogens is 404 g/mol. The normalized spacial score (nSPS) is 18.3. The van der Waals surface area contributed by atoms with E-state index >= 15 is 0 Å². The van der Waals surface area contributed by atoms with E-state index in [0.717, 1.165) is 52.2 Å². The summed E-state index contributed by atoms with van der Waals surface area (Å²) in [6, 6.07) is 3.65. The highest BCUT2D eigenvalue weighted by Gasteiger charge is 2.16. The van der Waals surface area contributed by atoms with Crippen LogP contribution in [0.2, 0.25) is 0 Å². The van der Waals surface area contributed by atoms with E-state index in [0.29, 0.717) is 12.7 Å². The van der Waals surface area contributed by atoms with Gasteiger partial charge in [-0.2, -0.15) is 0 Å². The lowest BCUT2D eigenvalue weighted by atomic mass is 10.2. The second kappa shape index (κ2) is 7.96. The van der Waals surface area contributed by atoms with Gasteiger partial charge in [0.2, 0.25) is 0 Å².